The molecule has 6 heteroatoms. The first kappa shape index (κ1) is 17.5. The number of carbonyl (C=O) groups is 1. The average Bonchev–Trinajstić information content (AvgIpc) is 3.20. The lowest BCUT2D eigenvalue weighted by molar-refractivity contribution is -0.130. The Balaban J connectivity index is 1.29. The van der Waals surface area contributed by atoms with Crippen LogP contribution in [-0.2, 0) is 4.79 Å². The predicted molar refractivity (Wildman–Crippen MR) is 103 cm³/mol. The molecule has 142 valence electrons. The third kappa shape index (κ3) is 3.79. The number of methoxy groups -OCH3 is 1. The third-order valence-electron chi connectivity index (χ3n) is 5.08. The molecule has 2 heterocycles. The second kappa shape index (κ2) is 7.78. The smallest absolute Gasteiger partial charge is 0.264 e. The van der Waals surface area contributed by atoms with Gasteiger partial charge < -0.3 is 24.4 Å². The summed E-state index contributed by atoms with van der Waals surface area (Å²) in [5, 5.41) is 3.02. The number of rotatable bonds is 5. The Bertz CT molecular complexity index is 810. The highest BCUT2D eigenvalue weighted by molar-refractivity contribution is 5.81. The minimum atomic E-state index is -0.605. The predicted octanol–water partition coefficient (Wildman–Crippen LogP) is 2.48. The molecule has 1 N–H and O–H groups in total. The van der Waals surface area contributed by atoms with Crippen molar-refractivity contribution in [1.29, 1.82) is 0 Å². The molecule has 0 aliphatic carbocycles. The second-order valence-corrected chi connectivity index (χ2v) is 6.88. The maximum Gasteiger partial charge on any atom is 0.264 e. The highest BCUT2D eigenvalue weighted by Gasteiger charge is 2.29. The minimum Gasteiger partial charge on any atom is -0.495 e. The largest absolute Gasteiger partial charge is 0.495 e. The van der Waals surface area contributed by atoms with E-state index >= 15 is 0 Å². The number of carbonyl (C=O) groups excluding carboxylic acids is 1. The van der Waals surface area contributed by atoms with E-state index in [-0.39, 0.29) is 12.5 Å². The van der Waals surface area contributed by atoms with Gasteiger partial charge in [0.25, 0.3) is 5.91 Å². The van der Waals surface area contributed by atoms with Crippen molar-refractivity contribution in [1.82, 2.24) is 5.32 Å². The number of hydrogen-bond donors (Lipinski definition) is 1. The van der Waals surface area contributed by atoms with Crippen LogP contribution in [-0.4, -0.2) is 45.4 Å². The van der Waals surface area contributed by atoms with Crippen LogP contribution in [0.5, 0.6) is 17.2 Å². The van der Waals surface area contributed by atoms with Crippen molar-refractivity contribution in [3.63, 3.8) is 0 Å². The van der Waals surface area contributed by atoms with Gasteiger partial charge in [-0.2, -0.15) is 0 Å². The Morgan fingerprint density at radius 1 is 1.19 bits per heavy atom. The van der Waals surface area contributed by atoms with Gasteiger partial charge >= 0.3 is 0 Å². The van der Waals surface area contributed by atoms with E-state index in [1.807, 2.05) is 42.5 Å². The fraction of sp³-hybridized carbons (Fsp3) is 0.381. The number of benzene rings is 2. The molecule has 1 saturated heterocycles. The van der Waals surface area contributed by atoms with E-state index < -0.39 is 6.10 Å². The standard InChI is InChI=1S/C21H24N2O4/c1-25-17-7-3-2-6-16(17)23-11-10-15(13-23)12-22-21(24)20-14-26-18-8-4-5-9-19(18)27-20/h2-9,15,20H,10-14H2,1H3,(H,22,24). The summed E-state index contributed by atoms with van der Waals surface area (Å²) < 4.78 is 16.8. The van der Waals surface area contributed by atoms with Crippen molar-refractivity contribution >= 4 is 11.6 Å². The molecule has 1 amide bonds. The van der Waals surface area contributed by atoms with Crippen LogP contribution in [0.15, 0.2) is 48.5 Å². The van der Waals surface area contributed by atoms with Crippen LogP contribution in [0.4, 0.5) is 5.69 Å². The fourth-order valence-corrected chi connectivity index (χ4v) is 3.62. The van der Waals surface area contributed by atoms with Gasteiger partial charge in [0.2, 0.25) is 6.10 Å². The number of nitrogens with zero attached hydrogens (tertiary/aromatic N) is 1. The van der Waals surface area contributed by atoms with Gasteiger partial charge in [-0.05, 0) is 36.6 Å². The SMILES string of the molecule is COc1ccccc1N1CCC(CNC(=O)C2COc3ccccc3O2)C1. The molecule has 1 fully saturated rings. The Hall–Kier alpha value is -2.89. The summed E-state index contributed by atoms with van der Waals surface area (Å²) >= 11 is 0. The van der Waals surface area contributed by atoms with Gasteiger partial charge in [-0.25, -0.2) is 0 Å². The second-order valence-electron chi connectivity index (χ2n) is 6.88. The van der Waals surface area contributed by atoms with Crippen LogP contribution < -0.4 is 24.4 Å². The Morgan fingerprint density at radius 2 is 1.96 bits per heavy atom. The van der Waals surface area contributed by atoms with Crippen LogP contribution >= 0.6 is 0 Å². The van der Waals surface area contributed by atoms with Crippen LogP contribution in [0.1, 0.15) is 6.42 Å². The molecule has 0 saturated carbocycles. The summed E-state index contributed by atoms with van der Waals surface area (Å²) in [6, 6.07) is 15.5. The lowest BCUT2D eigenvalue weighted by Gasteiger charge is -2.26. The molecule has 2 aliphatic heterocycles. The van der Waals surface area contributed by atoms with Gasteiger partial charge in [-0.3, -0.25) is 4.79 Å². The molecule has 2 aliphatic rings. The molecule has 0 radical (unpaired) electrons. The summed E-state index contributed by atoms with van der Waals surface area (Å²) in [5.74, 6) is 2.46. The molecule has 0 spiro atoms. The highest BCUT2D eigenvalue weighted by atomic mass is 16.6. The summed E-state index contributed by atoms with van der Waals surface area (Å²) in [4.78, 5) is 14.8. The number of hydrogen-bond acceptors (Lipinski definition) is 5. The highest BCUT2D eigenvalue weighted by Crippen LogP contribution is 2.32. The molecule has 2 aromatic rings. The van der Waals surface area contributed by atoms with Gasteiger partial charge in [0.15, 0.2) is 11.5 Å². The molecule has 2 atom stereocenters. The van der Waals surface area contributed by atoms with Gasteiger partial charge in [0.05, 0.1) is 12.8 Å². The van der Waals surface area contributed by atoms with Crippen LogP contribution in [0.3, 0.4) is 0 Å². The zero-order chi connectivity index (χ0) is 18.6. The number of para-hydroxylation sites is 4. The van der Waals surface area contributed by atoms with Crippen molar-refractivity contribution in [2.24, 2.45) is 5.92 Å². The van der Waals surface area contributed by atoms with Crippen molar-refractivity contribution in [3.8, 4) is 17.2 Å². The molecule has 4 rings (SSSR count). The van der Waals surface area contributed by atoms with E-state index in [1.54, 1.807) is 7.11 Å². The maximum absolute atomic E-state index is 12.5. The molecule has 0 bridgehead atoms. The summed E-state index contributed by atoms with van der Waals surface area (Å²) in [6.45, 7) is 2.72. The maximum atomic E-state index is 12.5. The number of ether oxygens (including phenoxy) is 3. The van der Waals surface area contributed by atoms with E-state index in [1.165, 1.54) is 0 Å². The van der Waals surface area contributed by atoms with Crippen molar-refractivity contribution in [2.45, 2.75) is 12.5 Å². The third-order valence-corrected chi connectivity index (χ3v) is 5.08. The van der Waals surface area contributed by atoms with E-state index in [0.717, 1.165) is 30.9 Å². The van der Waals surface area contributed by atoms with E-state index in [0.29, 0.717) is 24.0 Å². The molecular weight excluding hydrogens is 344 g/mol. The van der Waals surface area contributed by atoms with Crippen LogP contribution in [0, 0.1) is 5.92 Å². The van der Waals surface area contributed by atoms with Gasteiger partial charge in [0, 0.05) is 19.6 Å². The van der Waals surface area contributed by atoms with E-state index in [4.69, 9.17) is 14.2 Å². The number of anilines is 1. The minimum absolute atomic E-state index is 0.125. The Kier molecular flexibility index (Phi) is 5.05. The number of fused-ring (bicyclic) bond motifs is 1. The first-order valence-electron chi connectivity index (χ1n) is 9.29. The van der Waals surface area contributed by atoms with E-state index in [2.05, 4.69) is 16.3 Å². The van der Waals surface area contributed by atoms with E-state index in [9.17, 15) is 4.79 Å². The molecule has 0 aromatic heterocycles. The molecule has 2 aromatic carbocycles. The summed E-state index contributed by atoms with van der Waals surface area (Å²) in [5.41, 5.74) is 1.11. The van der Waals surface area contributed by atoms with Gasteiger partial charge in [-0.1, -0.05) is 24.3 Å². The average molecular weight is 368 g/mol. The van der Waals surface area contributed by atoms with Crippen molar-refractivity contribution < 1.29 is 19.0 Å². The molecule has 2 unspecified atom stereocenters. The first-order valence-corrected chi connectivity index (χ1v) is 9.29. The lowest BCUT2D eigenvalue weighted by atomic mass is 10.1. The quantitative estimate of drug-likeness (QED) is 0.879. The molecule has 27 heavy (non-hydrogen) atoms. The molecular formula is C21H24N2O4. The summed E-state index contributed by atoms with van der Waals surface area (Å²) in [6.07, 6.45) is 0.426. The van der Waals surface area contributed by atoms with Crippen molar-refractivity contribution in [3.05, 3.63) is 48.5 Å². The Labute approximate surface area is 159 Å². The van der Waals surface area contributed by atoms with Crippen LogP contribution in [0.25, 0.3) is 0 Å². The monoisotopic (exact) mass is 368 g/mol. The Morgan fingerprint density at radius 3 is 2.81 bits per heavy atom. The fourth-order valence-electron chi connectivity index (χ4n) is 3.62. The topological polar surface area (TPSA) is 60.0 Å². The molecule has 6 nitrogen and oxygen atoms in total. The first-order chi connectivity index (χ1) is 13.2. The van der Waals surface area contributed by atoms with Crippen molar-refractivity contribution in [2.75, 3.05) is 38.3 Å². The van der Waals surface area contributed by atoms with Gasteiger partial charge in [0.1, 0.15) is 12.4 Å². The lowest BCUT2D eigenvalue weighted by Crippen LogP contribution is -2.45. The van der Waals surface area contributed by atoms with Crippen LogP contribution in [0.2, 0.25) is 0 Å². The number of amides is 1. The zero-order valence-electron chi connectivity index (χ0n) is 15.4. The number of nitrogens with one attached hydrogen (secondary N) is 1. The van der Waals surface area contributed by atoms with Gasteiger partial charge in [-0.15, -0.1) is 0 Å². The summed E-state index contributed by atoms with van der Waals surface area (Å²) in [7, 11) is 1.69. The zero-order valence-corrected chi connectivity index (χ0v) is 15.4. The normalized spacial score (nSPS) is 21.0.